The zero-order chi connectivity index (χ0) is 23.3. The summed E-state index contributed by atoms with van der Waals surface area (Å²) in [6, 6.07) is 24.5. The molecule has 0 spiro atoms. The summed E-state index contributed by atoms with van der Waals surface area (Å²) >= 11 is 0. The van der Waals surface area contributed by atoms with Crippen molar-refractivity contribution in [2.75, 3.05) is 13.7 Å². The maximum absolute atomic E-state index is 13.0. The predicted octanol–water partition coefficient (Wildman–Crippen LogP) is 5.02. The molecule has 1 heterocycles. The monoisotopic (exact) mass is 463 g/mol. The van der Waals surface area contributed by atoms with E-state index in [9.17, 15) is 8.42 Å². The van der Waals surface area contributed by atoms with Gasteiger partial charge in [0.1, 0.15) is 11.6 Å². The summed E-state index contributed by atoms with van der Waals surface area (Å²) in [5, 5.41) is 0. The number of fused-ring (bicyclic) bond motifs is 1. The summed E-state index contributed by atoms with van der Waals surface area (Å²) < 4.78 is 35.3. The smallest absolute Gasteiger partial charge is 0.243 e. The third-order valence-electron chi connectivity index (χ3n) is 5.58. The first-order valence-corrected chi connectivity index (χ1v) is 12.5. The largest absolute Gasteiger partial charge is 0.494 e. The van der Waals surface area contributed by atoms with Crippen LogP contribution >= 0.6 is 0 Å². The summed E-state index contributed by atoms with van der Waals surface area (Å²) in [5.41, 5.74) is 3.06. The molecule has 7 heteroatoms. The summed E-state index contributed by atoms with van der Waals surface area (Å²) in [5.74, 6) is 1.62. The zero-order valence-electron chi connectivity index (χ0n) is 19.0. The molecular weight excluding hydrogens is 434 g/mol. The molecule has 0 atom stereocenters. The van der Waals surface area contributed by atoms with Crippen molar-refractivity contribution >= 4 is 21.1 Å². The van der Waals surface area contributed by atoms with E-state index in [2.05, 4.69) is 4.57 Å². The second kappa shape index (κ2) is 10.2. The van der Waals surface area contributed by atoms with E-state index in [-0.39, 0.29) is 11.4 Å². The standard InChI is InChI=1S/C26H29N3O3S/c1-21-11-10-12-22(19-21)32-18-9-8-17-29-25-16-7-6-15-24(25)27-26(29)20-28(2)33(30,31)23-13-4-3-5-14-23/h3-7,10-16,19H,8-9,17-18,20H2,1-2H3. The number of hydrogen-bond acceptors (Lipinski definition) is 4. The Balaban J connectivity index is 1.45. The fraction of sp³-hybridized carbons (Fsp3) is 0.269. The van der Waals surface area contributed by atoms with Crippen LogP contribution < -0.4 is 4.74 Å². The number of rotatable bonds is 10. The van der Waals surface area contributed by atoms with Gasteiger partial charge in [-0.15, -0.1) is 0 Å². The van der Waals surface area contributed by atoms with Crippen LogP contribution in [0.2, 0.25) is 0 Å². The number of sulfonamides is 1. The van der Waals surface area contributed by atoms with Gasteiger partial charge in [0.15, 0.2) is 0 Å². The first kappa shape index (κ1) is 23.0. The van der Waals surface area contributed by atoms with Crippen LogP contribution in [0.3, 0.4) is 0 Å². The highest BCUT2D eigenvalue weighted by atomic mass is 32.2. The highest BCUT2D eigenvalue weighted by Gasteiger charge is 2.23. The minimum absolute atomic E-state index is 0.200. The number of aryl methyl sites for hydroxylation is 2. The molecule has 1 aromatic heterocycles. The molecule has 0 amide bonds. The average molecular weight is 464 g/mol. The normalized spacial score (nSPS) is 11.8. The van der Waals surface area contributed by atoms with Gasteiger partial charge >= 0.3 is 0 Å². The molecule has 0 saturated heterocycles. The van der Waals surface area contributed by atoms with E-state index >= 15 is 0 Å². The van der Waals surface area contributed by atoms with Gasteiger partial charge in [0.05, 0.1) is 29.1 Å². The van der Waals surface area contributed by atoms with E-state index in [1.54, 1.807) is 37.4 Å². The van der Waals surface area contributed by atoms with Gasteiger partial charge in [-0.3, -0.25) is 0 Å². The van der Waals surface area contributed by atoms with Gasteiger partial charge in [0, 0.05) is 13.6 Å². The lowest BCUT2D eigenvalue weighted by atomic mass is 10.2. The maximum atomic E-state index is 13.0. The van der Waals surface area contributed by atoms with Gasteiger partial charge in [0.25, 0.3) is 0 Å². The van der Waals surface area contributed by atoms with Crippen molar-refractivity contribution < 1.29 is 13.2 Å². The SMILES string of the molecule is Cc1cccc(OCCCCn2c(CN(C)S(=O)(=O)c3ccccc3)nc3ccccc32)c1. The molecule has 0 saturated carbocycles. The van der Waals surface area contributed by atoms with E-state index < -0.39 is 10.0 Å². The molecule has 0 fully saturated rings. The Labute approximate surface area is 195 Å². The van der Waals surface area contributed by atoms with Gasteiger partial charge in [-0.05, 0) is 61.7 Å². The number of imidazole rings is 1. The molecule has 4 rings (SSSR count). The van der Waals surface area contributed by atoms with Crippen LogP contribution in [-0.2, 0) is 23.1 Å². The third-order valence-corrected chi connectivity index (χ3v) is 7.40. The molecule has 3 aromatic carbocycles. The second-order valence-electron chi connectivity index (χ2n) is 8.11. The number of aromatic nitrogens is 2. The van der Waals surface area contributed by atoms with Crippen LogP contribution in [0.4, 0.5) is 0 Å². The van der Waals surface area contributed by atoms with E-state index in [1.165, 1.54) is 9.87 Å². The molecule has 0 aliphatic heterocycles. The second-order valence-corrected chi connectivity index (χ2v) is 10.2. The van der Waals surface area contributed by atoms with E-state index in [4.69, 9.17) is 9.72 Å². The van der Waals surface area contributed by atoms with Gasteiger partial charge in [0.2, 0.25) is 10.0 Å². The fourth-order valence-electron chi connectivity index (χ4n) is 3.82. The molecule has 0 aliphatic carbocycles. The number of para-hydroxylation sites is 2. The van der Waals surface area contributed by atoms with Crippen LogP contribution in [0.25, 0.3) is 11.0 Å². The summed E-state index contributed by atoms with van der Waals surface area (Å²) in [6.07, 6.45) is 1.78. The van der Waals surface area contributed by atoms with Crippen LogP contribution in [0.5, 0.6) is 5.75 Å². The van der Waals surface area contributed by atoms with E-state index in [0.29, 0.717) is 6.61 Å². The topological polar surface area (TPSA) is 64.4 Å². The minimum atomic E-state index is -3.59. The summed E-state index contributed by atoms with van der Waals surface area (Å²) in [6.45, 7) is 3.62. The number of nitrogens with zero attached hydrogens (tertiary/aromatic N) is 3. The Hall–Kier alpha value is -3.16. The molecule has 172 valence electrons. The molecule has 0 aliphatic rings. The van der Waals surface area contributed by atoms with Gasteiger partial charge in [-0.25, -0.2) is 13.4 Å². The first-order chi connectivity index (χ1) is 15.9. The van der Waals surface area contributed by atoms with Gasteiger partial charge in [-0.2, -0.15) is 4.31 Å². The molecular formula is C26H29N3O3S. The lowest BCUT2D eigenvalue weighted by Crippen LogP contribution is -2.28. The molecule has 4 aromatic rings. The maximum Gasteiger partial charge on any atom is 0.243 e. The van der Waals surface area contributed by atoms with Crippen molar-refractivity contribution in [3.63, 3.8) is 0 Å². The van der Waals surface area contributed by atoms with E-state index in [0.717, 1.165) is 42.0 Å². The number of benzene rings is 3. The van der Waals surface area contributed by atoms with Crippen molar-refractivity contribution in [1.82, 2.24) is 13.9 Å². The van der Waals surface area contributed by atoms with Crippen molar-refractivity contribution in [1.29, 1.82) is 0 Å². The zero-order valence-corrected chi connectivity index (χ0v) is 19.8. The average Bonchev–Trinajstić information content (AvgIpc) is 3.16. The Morgan fingerprint density at radius 1 is 0.939 bits per heavy atom. The van der Waals surface area contributed by atoms with Crippen molar-refractivity contribution in [2.45, 2.75) is 37.8 Å². The number of ether oxygens (including phenoxy) is 1. The van der Waals surface area contributed by atoms with Gasteiger partial charge in [-0.1, -0.05) is 42.5 Å². The van der Waals surface area contributed by atoms with Crippen LogP contribution in [0.1, 0.15) is 24.2 Å². The van der Waals surface area contributed by atoms with E-state index in [1.807, 2.05) is 55.5 Å². The number of unbranched alkanes of at least 4 members (excludes halogenated alkanes) is 1. The first-order valence-electron chi connectivity index (χ1n) is 11.1. The Morgan fingerprint density at radius 3 is 2.48 bits per heavy atom. The quantitative estimate of drug-likeness (QED) is 0.310. The molecule has 0 N–H and O–H groups in total. The molecule has 0 radical (unpaired) electrons. The Morgan fingerprint density at radius 2 is 1.70 bits per heavy atom. The Kier molecular flexibility index (Phi) is 7.11. The lowest BCUT2D eigenvalue weighted by Gasteiger charge is -2.18. The molecule has 33 heavy (non-hydrogen) atoms. The van der Waals surface area contributed by atoms with Gasteiger partial charge < -0.3 is 9.30 Å². The van der Waals surface area contributed by atoms with Crippen LogP contribution in [0.15, 0.2) is 83.8 Å². The van der Waals surface area contributed by atoms with Crippen molar-refractivity contribution in [3.8, 4) is 5.75 Å². The fourth-order valence-corrected chi connectivity index (χ4v) is 4.97. The van der Waals surface area contributed by atoms with Crippen LogP contribution in [-0.4, -0.2) is 35.9 Å². The minimum Gasteiger partial charge on any atom is -0.494 e. The molecule has 6 nitrogen and oxygen atoms in total. The summed E-state index contributed by atoms with van der Waals surface area (Å²) in [4.78, 5) is 5.02. The van der Waals surface area contributed by atoms with Crippen molar-refractivity contribution in [2.24, 2.45) is 0 Å². The summed E-state index contributed by atoms with van der Waals surface area (Å²) in [7, 11) is -2.00. The van der Waals surface area contributed by atoms with Crippen molar-refractivity contribution in [3.05, 3.63) is 90.3 Å². The Bertz CT molecular complexity index is 1320. The highest BCUT2D eigenvalue weighted by molar-refractivity contribution is 7.89. The number of hydrogen-bond donors (Lipinski definition) is 0. The third kappa shape index (κ3) is 5.43. The predicted molar refractivity (Wildman–Crippen MR) is 131 cm³/mol. The highest BCUT2D eigenvalue weighted by Crippen LogP contribution is 2.21. The molecule has 0 bridgehead atoms. The molecule has 0 unspecified atom stereocenters. The van der Waals surface area contributed by atoms with Crippen LogP contribution in [0, 0.1) is 6.92 Å². The lowest BCUT2D eigenvalue weighted by molar-refractivity contribution is 0.302.